The van der Waals surface area contributed by atoms with Crippen molar-refractivity contribution >= 4 is 43.2 Å². The van der Waals surface area contributed by atoms with Gasteiger partial charge in [0.2, 0.25) is 0 Å². The van der Waals surface area contributed by atoms with Crippen LogP contribution in [-0.4, -0.2) is 5.11 Å². The Morgan fingerprint density at radius 3 is 2.76 bits per heavy atom. The van der Waals surface area contributed by atoms with Crippen molar-refractivity contribution < 1.29 is 9.50 Å². The van der Waals surface area contributed by atoms with Gasteiger partial charge in [-0.05, 0) is 49.6 Å². The van der Waals surface area contributed by atoms with E-state index in [2.05, 4.69) is 31.9 Å². The van der Waals surface area contributed by atoms with Crippen LogP contribution in [0.15, 0.2) is 38.6 Å². The topological polar surface area (TPSA) is 20.2 Å². The summed E-state index contributed by atoms with van der Waals surface area (Å²) in [5.41, 5.74) is 0.766. The van der Waals surface area contributed by atoms with Gasteiger partial charge in [-0.25, -0.2) is 4.39 Å². The monoisotopic (exact) mass is 378 g/mol. The molecule has 1 aromatic heterocycles. The van der Waals surface area contributed by atoms with Gasteiger partial charge in [0.05, 0.1) is 10.6 Å². The van der Waals surface area contributed by atoms with E-state index in [9.17, 15) is 9.50 Å². The molecule has 1 heterocycles. The van der Waals surface area contributed by atoms with Gasteiger partial charge >= 0.3 is 0 Å². The molecular formula is C12H9Br2FOS. The molecule has 2 aromatic rings. The first-order valence-corrected chi connectivity index (χ1v) is 7.39. The predicted octanol–water partition coefficient (Wildman–Crippen LogP) is 4.69. The number of aliphatic hydroxyl groups is 1. The fourth-order valence-corrected chi connectivity index (χ4v) is 3.37. The summed E-state index contributed by atoms with van der Waals surface area (Å²) < 4.78 is 14.7. The molecule has 0 radical (unpaired) electrons. The average molecular weight is 380 g/mol. The molecule has 0 saturated carbocycles. The highest BCUT2D eigenvalue weighted by atomic mass is 79.9. The van der Waals surface area contributed by atoms with Crippen molar-refractivity contribution in [2.24, 2.45) is 0 Å². The molecule has 0 aliphatic heterocycles. The summed E-state index contributed by atoms with van der Waals surface area (Å²) in [5.74, 6) is -0.304. The second kappa shape index (κ2) is 5.61. The molecule has 1 atom stereocenters. The number of aliphatic hydroxyl groups excluding tert-OH is 1. The van der Waals surface area contributed by atoms with Crippen LogP contribution in [0, 0.1) is 5.82 Å². The average Bonchev–Trinajstić information content (AvgIpc) is 2.72. The van der Waals surface area contributed by atoms with E-state index in [1.807, 2.05) is 11.4 Å². The molecule has 0 bridgehead atoms. The van der Waals surface area contributed by atoms with E-state index in [1.54, 1.807) is 12.1 Å². The molecule has 1 N–H and O–H groups in total. The molecule has 90 valence electrons. The molecule has 1 aromatic carbocycles. The Labute approximate surface area is 120 Å². The minimum absolute atomic E-state index is 0.304. The molecule has 0 fully saturated rings. The predicted molar refractivity (Wildman–Crippen MR) is 74.8 cm³/mol. The second-order valence-corrected chi connectivity index (χ2v) is 6.25. The van der Waals surface area contributed by atoms with Crippen molar-refractivity contribution in [1.29, 1.82) is 0 Å². The lowest BCUT2D eigenvalue weighted by Gasteiger charge is -2.10. The molecule has 0 amide bonds. The number of halogens is 3. The summed E-state index contributed by atoms with van der Waals surface area (Å²) in [7, 11) is 0. The van der Waals surface area contributed by atoms with Crippen LogP contribution in [-0.2, 0) is 6.42 Å². The number of hydrogen-bond acceptors (Lipinski definition) is 2. The fourth-order valence-electron chi connectivity index (χ4n) is 1.52. The van der Waals surface area contributed by atoms with Gasteiger partial charge in [0, 0.05) is 21.2 Å². The second-order valence-electron chi connectivity index (χ2n) is 3.60. The van der Waals surface area contributed by atoms with Crippen LogP contribution in [0.25, 0.3) is 0 Å². The molecule has 17 heavy (non-hydrogen) atoms. The number of rotatable bonds is 3. The largest absolute Gasteiger partial charge is 0.387 e. The molecule has 2 rings (SSSR count). The van der Waals surface area contributed by atoms with Gasteiger partial charge in [-0.15, -0.1) is 11.3 Å². The summed E-state index contributed by atoms with van der Waals surface area (Å²) in [5, 5.41) is 12.0. The van der Waals surface area contributed by atoms with Crippen molar-refractivity contribution in [2.75, 3.05) is 0 Å². The maximum absolute atomic E-state index is 13.3. The molecule has 0 saturated heterocycles. The smallest absolute Gasteiger partial charge is 0.137 e. The van der Waals surface area contributed by atoms with Crippen LogP contribution in [0.4, 0.5) is 4.39 Å². The zero-order valence-electron chi connectivity index (χ0n) is 8.66. The Balaban J connectivity index is 2.18. The third-order valence-electron chi connectivity index (χ3n) is 2.36. The SMILES string of the molecule is OC(Cc1cccc(F)c1Br)c1cc(Br)cs1. The number of hydrogen-bond donors (Lipinski definition) is 1. The molecule has 5 heteroatoms. The van der Waals surface area contributed by atoms with Crippen molar-refractivity contribution in [2.45, 2.75) is 12.5 Å². The van der Waals surface area contributed by atoms with Crippen LogP contribution in [0.5, 0.6) is 0 Å². The summed E-state index contributed by atoms with van der Waals surface area (Å²) in [6.45, 7) is 0. The standard InChI is InChI=1S/C12H9Br2FOS/c13-8-5-11(17-6-8)10(16)4-7-2-1-3-9(15)12(7)14/h1-3,5-6,10,16H,4H2. The third-order valence-corrected chi connectivity index (χ3v) is 5.04. The first-order chi connectivity index (χ1) is 8.08. The lowest BCUT2D eigenvalue weighted by atomic mass is 10.1. The number of thiophene rings is 1. The van der Waals surface area contributed by atoms with E-state index in [0.717, 1.165) is 14.9 Å². The van der Waals surface area contributed by atoms with E-state index in [-0.39, 0.29) is 5.82 Å². The van der Waals surface area contributed by atoms with Crippen molar-refractivity contribution in [1.82, 2.24) is 0 Å². The van der Waals surface area contributed by atoms with Gasteiger partial charge < -0.3 is 5.11 Å². The minimum atomic E-state index is -0.607. The van der Waals surface area contributed by atoms with E-state index in [1.165, 1.54) is 17.4 Å². The minimum Gasteiger partial charge on any atom is -0.387 e. The van der Waals surface area contributed by atoms with E-state index >= 15 is 0 Å². The highest BCUT2D eigenvalue weighted by Crippen LogP contribution is 2.30. The maximum Gasteiger partial charge on any atom is 0.137 e. The zero-order chi connectivity index (χ0) is 12.4. The van der Waals surface area contributed by atoms with Crippen LogP contribution < -0.4 is 0 Å². The quantitative estimate of drug-likeness (QED) is 0.820. The van der Waals surface area contributed by atoms with Crippen molar-refractivity contribution in [3.63, 3.8) is 0 Å². The Morgan fingerprint density at radius 2 is 2.12 bits per heavy atom. The maximum atomic E-state index is 13.3. The molecular weight excluding hydrogens is 371 g/mol. The fraction of sp³-hybridized carbons (Fsp3) is 0.167. The van der Waals surface area contributed by atoms with Crippen LogP contribution in [0.2, 0.25) is 0 Å². The summed E-state index contributed by atoms with van der Waals surface area (Å²) in [6.07, 6.45) is -0.213. The van der Waals surface area contributed by atoms with Gasteiger partial charge in [-0.1, -0.05) is 12.1 Å². The van der Waals surface area contributed by atoms with E-state index in [4.69, 9.17) is 0 Å². The van der Waals surface area contributed by atoms with Gasteiger partial charge in [0.1, 0.15) is 5.82 Å². The molecule has 1 unspecified atom stereocenters. The van der Waals surface area contributed by atoms with Gasteiger partial charge in [-0.3, -0.25) is 0 Å². The van der Waals surface area contributed by atoms with Gasteiger partial charge in [0.15, 0.2) is 0 Å². The molecule has 0 aliphatic carbocycles. The van der Waals surface area contributed by atoms with Gasteiger partial charge in [-0.2, -0.15) is 0 Å². The summed E-state index contributed by atoms with van der Waals surface area (Å²) in [4.78, 5) is 0.869. The van der Waals surface area contributed by atoms with Crippen molar-refractivity contribution in [3.8, 4) is 0 Å². The number of benzene rings is 1. The molecule has 1 nitrogen and oxygen atoms in total. The van der Waals surface area contributed by atoms with E-state index in [0.29, 0.717) is 10.9 Å². The normalized spacial score (nSPS) is 12.7. The summed E-state index contributed by atoms with van der Waals surface area (Å²) in [6, 6.07) is 6.72. The van der Waals surface area contributed by atoms with Crippen LogP contribution in [0.1, 0.15) is 16.5 Å². The van der Waals surface area contributed by atoms with Crippen LogP contribution >= 0.6 is 43.2 Å². The van der Waals surface area contributed by atoms with Gasteiger partial charge in [0.25, 0.3) is 0 Å². The third kappa shape index (κ3) is 3.16. The Morgan fingerprint density at radius 1 is 1.35 bits per heavy atom. The lowest BCUT2D eigenvalue weighted by molar-refractivity contribution is 0.182. The highest BCUT2D eigenvalue weighted by molar-refractivity contribution is 9.10. The summed E-state index contributed by atoms with van der Waals surface area (Å²) >= 11 is 8.02. The first kappa shape index (κ1) is 13.2. The van der Waals surface area contributed by atoms with Crippen molar-refractivity contribution in [3.05, 3.63) is 54.8 Å². The lowest BCUT2D eigenvalue weighted by Crippen LogP contribution is -2.01. The van der Waals surface area contributed by atoms with E-state index < -0.39 is 6.10 Å². The highest BCUT2D eigenvalue weighted by Gasteiger charge is 2.14. The zero-order valence-corrected chi connectivity index (χ0v) is 12.6. The van der Waals surface area contributed by atoms with Crippen LogP contribution in [0.3, 0.4) is 0 Å². The Bertz CT molecular complexity index is 527. The Hall–Kier alpha value is -0.230. The molecule has 0 aliphatic rings. The Kier molecular flexibility index (Phi) is 4.36. The first-order valence-electron chi connectivity index (χ1n) is 4.93. The molecule has 0 spiro atoms.